The first kappa shape index (κ1) is 34.2. The molecule has 0 aliphatic heterocycles. The number of carbonyl (C=O) groups is 1. The van der Waals surface area contributed by atoms with Crippen molar-refractivity contribution in [3.8, 4) is 5.75 Å². The van der Waals surface area contributed by atoms with E-state index >= 15 is 0 Å². The molecular weight excluding hydrogens is 553 g/mol. The van der Waals surface area contributed by atoms with Crippen LogP contribution in [-0.2, 0) is 33.5 Å². The topological polar surface area (TPSA) is 65.0 Å². The average molecular weight is 603 g/mol. The van der Waals surface area contributed by atoms with Gasteiger partial charge in [0.25, 0.3) is 0 Å². The van der Waals surface area contributed by atoms with Gasteiger partial charge >= 0.3 is 5.97 Å². The first-order chi connectivity index (χ1) is 18.4. The van der Waals surface area contributed by atoms with Gasteiger partial charge in [-0.05, 0) is 83.7 Å². The predicted octanol–water partition coefficient (Wildman–Crippen LogP) is 9.80. The molecule has 0 amide bonds. The summed E-state index contributed by atoms with van der Waals surface area (Å²) >= 11 is 1.67. The zero-order valence-electron chi connectivity index (χ0n) is 26.4. The van der Waals surface area contributed by atoms with Gasteiger partial charge in [0.15, 0.2) is 16.6 Å². The fraction of sp³-hybridized carbons (Fsp3) is 0.531. The molecule has 40 heavy (non-hydrogen) atoms. The molecule has 1 heterocycles. The Morgan fingerprint density at radius 3 is 1.98 bits per heavy atom. The number of thiophene rings is 1. The minimum Gasteiger partial charge on any atom is -0.488 e. The van der Waals surface area contributed by atoms with Gasteiger partial charge in [-0.3, -0.25) is 0 Å². The second-order valence-electron chi connectivity index (χ2n) is 13.3. The molecule has 2 aromatic rings. The minimum atomic E-state index is -1.93. The summed E-state index contributed by atoms with van der Waals surface area (Å²) in [6.07, 6.45) is 5.42. The van der Waals surface area contributed by atoms with Gasteiger partial charge < -0.3 is 18.7 Å². The molecule has 1 N–H and O–H groups in total. The number of benzene rings is 1. The monoisotopic (exact) mass is 602 g/mol. The zero-order valence-corrected chi connectivity index (χ0v) is 29.3. The van der Waals surface area contributed by atoms with Gasteiger partial charge in [0.2, 0.25) is 0 Å². The maximum atomic E-state index is 10.8. The number of rotatable bonds is 13. The average Bonchev–Trinajstić information content (AvgIpc) is 3.30. The molecule has 0 bridgehead atoms. The lowest BCUT2D eigenvalue weighted by Crippen LogP contribution is -2.41. The number of aliphatic carboxylic acids is 1. The highest BCUT2D eigenvalue weighted by Crippen LogP contribution is 2.39. The molecular formula is C32H50O5SSi2. The molecule has 1 aromatic heterocycles. The fourth-order valence-electron chi connectivity index (χ4n) is 3.32. The van der Waals surface area contributed by atoms with E-state index in [1.54, 1.807) is 17.4 Å². The summed E-state index contributed by atoms with van der Waals surface area (Å²) in [4.78, 5) is 13.0. The molecule has 0 fully saturated rings. The van der Waals surface area contributed by atoms with E-state index in [-0.39, 0.29) is 10.1 Å². The number of carboxylic acids is 1. The molecule has 0 saturated heterocycles. The van der Waals surface area contributed by atoms with E-state index in [1.807, 2.05) is 12.1 Å². The number of hydrogen-bond donors (Lipinski definition) is 1. The highest BCUT2D eigenvalue weighted by atomic mass is 32.1. The smallest absolute Gasteiger partial charge is 0.328 e. The lowest BCUT2D eigenvalue weighted by Gasteiger charge is -2.37. The van der Waals surface area contributed by atoms with Gasteiger partial charge in [-0.15, -0.1) is 11.3 Å². The maximum Gasteiger partial charge on any atom is 0.328 e. The largest absolute Gasteiger partial charge is 0.488 e. The standard InChI is InChI=1S/C32H50O5SSi2/c1-12-24(14-13-15-30(33)34)29-19-18-28(38-29)23-35-27-17-16-25(21-36-39(8,9)31(2,3)4)26(20-27)22-37-40(10,11)32(5,6)7/h13-20H,12,21-23H2,1-11H3,(H,33,34). The lowest BCUT2D eigenvalue weighted by atomic mass is 10.1. The van der Waals surface area contributed by atoms with E-state index in [4.69, 9.17) is 18.7 Å². The van der Waals surface area contributed by atoms with Crippen LogP contribution >= 0.6 is 11.3 Å². The third kappa shape index (κ3) is 9.84. The maximum absolute atomic E-state index is 10.8. The Kier molecular flexibility index (Phi) is 11.8. The molecule has 2 rings (SSSR count). The van der Waals surface area contributed by atoms with Crippen LogP contribution in [0.5, 0.6) is 5.75 Å². The quantitative estimate of drug-likeness (QED) is 0.140. The van der Waals surface area contributed by atoms with E-state index in [0.717, 1.165) is 44.7 Å². The minimum absolute atomic E-state index is 0.130. The van der Waals surface area contributed by atoms with E-state index < -0.39 is 22.6 Å². The molecule has 222 valence electrons. The van der Waals surface area contributed by atoms with Gasteiger partial charge in [-0.25, -0.2) is 4.79 Å². The third-order valence-corrected chi connectivity index (χ3v) is 18.3. The van der Waals surface area contributed by atoms with E-state index in [0.29, 0.717) is 19.8 Å². The van der Waals surface area contributed by atoms with Crippen LogP contribution in [0.1, 0.15) is 75.8 Å². The second kappa shape index (κ2) is 13.8. The summed E-state index contributed by atoms with van der Waals surface area (Å²) in [7, 11) is -3.83. The Labute approximate surface area is 248 Å². The normalized spacial score (nSPS) is 13.7. The van der Waals surface area contributed by atoms with Crippen LogP contribution in [0.15, 0.2) is 48.6 Å². The van der Waals surface area contributed by atoms with Crippen LogP contribution in [-0.4, -0.2) is 27.7 Å². The van der Waals surface area contributed by atoms with E-state index in [2.05, 4.69) is 98.9 Å². The lowest BCUT2D eigenvalue weighted by molar-refractivity contribution is -0.131. The Morgan fingerprint density at radius 2 is 1.45 bits per heavy atom. The van der Waals surface area contributed by atoms with E-state index in [1.165, 1.54) is 0 Å². The van der Waals surface area contributed by atoms with Crippen LogP contribution in [0.4, 0.5) is 0 Å². The van der Waals surface area contributed by atoms with Crippen molar-refractivity contribution in [1.82, 2.24) is 0 Å². The molecule has 0 spiro atoms. The molecule has 0 radical (unpaired) electrons. The van der Waals surface area contributed by atoms with Gasteiger partial charge in [-0.1, -0.05) is 66.7 Å². The Hall–Kier alpha value is -1.98. The van der Waals surface area contributed by atoms with Crippen LogP contribution in [0.25, 0.3) is 5.57 Å². The van der Waals surface area contributed by atoms with Crippen molar-refractivity contribution < 1.29 is 23.5 Å². The van der Waals surface area contributed by atoms with Gasteiger partial charge in [0.1, 0.15) is 12.4 Å². The molecule has 0 aliphatic carbocycles. The van der Waals surface area contributed by atoms with Crippen molar-refractivity contribution in [3.05, 3.63) is 69.4 Å². The van der Waals surface area contributed by atoms with Crippen molar-refractivity contribution >= 4 is 39.5 Å². The van der Waals surface area contributed by atoms with Crippen molar-refractivity contribution in [2.75, 3.05) is 0 Å². The molecule has 1 aromatic carbocycles. The first-order valence-electron chi connectivity index (χ1n) is 14.1. The summed E-state index contributed by atoms with van der Waals surface area (Å²) in [5, 5.41) is 9.13. The predicted molar refractivity (Wildman–Crippen MR) is 174 cm³/mol. The van der Waals surface area contributed by atoms with Crippen molar-refractivity contribution in [2.45, 2.75) is 111 Å². The molecule has 8 heteroatoms. The van der Waals surface area contributed by atoms with Crippen molar-refractivity contribution in [2.24, 2.45) is 0 Å². The summed E-state index contributed by atoms with van der Waals surface area (Å²) in [5.74, 6) is -0.130. The number of allylic oxidation sites excluding steroid dienone is 3. The van der Waals surface area contributed by atoms with Gasteiger partial charge in [0.05, 0.1) is 13.2 Å². The molecule has 0 unspecified atom stereocenters. The number of ether oxygens (including phenoxy) is 1. The van der Waals surface area contributed by atoms with Crippen molar-refractivity contribution in [1.29, 1.82) is 0 Å². The highest BCUT2D eigenvalue weighted by molar-refractivity contribution is 7.13. The molecule has 0 saturated carbocycles. The Balaban J connectivity index is 2.23. The third-order valence-electron chi connectivity index (χ3n) is 8.24. The summed E-state index contributed by atoms with van der Waals surface area (Å²) < 4.78 is 19.4. The van der Waals surface area contributed by atoms with Crippen LogP contribution in [0.3, 0.4) is 0 Å². The number of carboxylic acid groups (broad SMARTS) is 1. The molecule has 5 nitrogen and oxygen atoms in total. The summed E-state index contributed by atoms with van der Waals surface area (Å²) in [6, 6.07) is 10.4. The van der Waals surface area contributed by atoms with Crippen LogP contribution < -0.4 is 4.74 Å². The highest BCUT2D eigenvalue weighted by Gasteiger charge is 2.38. The van der Waals surface area contributed by atoms with Crippen molar-refractivity contribution in [3.63, 3.8) is 0 Å². The summed E-state index contributed by atoms with van der Waals surface area (Å²) in [5.41, 5.74) is 3.38. The van der Waals surface area contributed by atoms with Gasteiger partial charge in [0, 0.05) is 15.8 Å². The zero-order chi connectivity index (χ0) is 30.4. The van der Waals surface area contributed by atoms with Crippen LogP contribution in [0, 0.1) is 0 Å². The van der Waals surface area contributed by atoms with E-state index in [9.17, 15) is 4.79 Å². The SMILES string of the molecule is CCC(=CC=CC(=O)O)c1ccc(COc2ccc(CO[Si](C)(C)C(C)(C)C)c(CO[Si](C)(C)C(C)(C)C)c2)s1. The molecule has 0 atom stereocenters. The number of hydrogen-bond acceptors (Lipinski definition) is 5. The fourth-order valence-corrected chi connectivity index (χ4v) is 6.23. The molecule has 0 aliphatic rings. The second-order valence-corrected chi connectivity index (χ2v) is 24.1. The Bertz CT molecular complexity index is 1200. The van der Waals surface area contributed by atoms with Crippen LogP contribution in [0.2, 0.25) is 36.3 Å². The summed E-state index contributed by atoms with van der Waals surface area (Å²) in [6.45, 7) is 26.4. The van der Waals surface area contributed by atoms with Gasteiger partial charge in [-0.2, -0.15) is 0 Å². The Morgan fingerprint density at radius 1 is 0.875 bits per heavy atom. The first-order valence-corrected chi connectivity index (χ1v) is 20.7.